The summed E-state index contributed by atoms with van der Waals surface area (Å²) in [5.74, 6) is -0.160. The molecule has 0 unspecified atom stereocenters. The number of hydrogen-bond acceptors (Lipinski definition) is 3. The van der Waals surface area contributed by atoms with Crippen molar-refractivity contribution in [3.63, 3.8) is 0 Å². The van der Waals surface area contributed by atoms with Gasteiger partial charge in [-0.15, -0.1) is 0 Å². The van der Waals surface area contributed by atoms with E-state index >= 15 is 0 Å². The van der Waals surface area contributed by atoms with Crippen LogP contribution in [0.3, 0.4) is 0 Å². The van der Waals surface area contributed by atoms with E-state index in [1.54, 1.807) is 25.3 Å². The van der Waals surface area contributed by atoms with Gasteiger partial charge < -0.3 is 15.8 Å². The van der Waals surface area contributed by atoms with E-state index in [0.717, 1.165) is 25.9 Å². The summed E-state index contributed by atoms with van der Waals surface area (Å²) in [5, 5.41) is 3.21. The summed E-state index contributed by atoms with van der Waals surface area (Å²) >= 11 is 5.95. The zero-order valence-corrected chi connectivity index (χ0v) is 11.3. The fourth-order valence-electron chi connectivity index (χ4n) is 1.56. The molecule has 1 rings (SSSR count). The van der Waals surface area contributed by atoms with Crippen molar-refractivity contribution in [3.8, 4) is 0 Å². The van der Waals surface area contributed by atoms with Gasteiger partial charge in [-0.05, 0) is 37.5 Å². The van der Waals surface area contributed by atoms with Crippen LogP contribution < -0.4 is 11.1 Å². The molecule has 5 heteroatoms. The molecule has 0 atom stereocenters. The average Bonchev–Trinajstić information content (AvgIpc) is 2.33. The molecule has 0 bridgehead atoms. The number of carbonyl (C=O) groups is 1. The molecule has 0 aliphatic rings. The van der Waals surface area contributed by atoms with E-state index in [-0.39, 0.29) is 5.91 Å². The van der Waals surface area contributed by atoms with Crippen LogP contribution in [0.4, 0.5) is 5.69 Å². The number of anilines is 1. The number of carbonyl (C=O) groups excluding carboxylic acids is 1. The van der Waals surface area contributed by atoms with Gasteiger partial charge in [-0.1, -0.05) is 11.6 Å². The van der Waals surface area contributed by atoms with Crippen LogP contribution in [0.15, 0.2) is 18.2 Å². The first-order valence-corrected chi connectivity index (χ1v) is 6.35. The Morgan fingerprint density at radius 1 is 1.39 bits per heavy atom. The van der Waals surface area contributed by atoms with Crippen LogP contribution in [0.1, 0.15) is 29.6 Å². The number of nitrogens with one attached hydrogen (secondary N) is 1. The number of halogens is 1. The minimum absolute atomic E-state index is 0.160. The number of ether oxygens (including phenoxy) is 1. The molecule has 0 aliphatic heterocycles. The van der Waals surface area contributed by atoms with Crippen LogP contribution >= 0.6 is 11.6 Å². The van der Waals surface area contributed by atoms with Gasteiger partial charge in [0.25, 0.3) is 5.91 Å². The molecule has 1 aromatic rings. The molecule has 0 aliphatic carbocycles. The van der Waals surface area contributed by atoms with Gasteiger partial charge in [0.2, 0.25) is 0 Å². The van der Waals surface area contributed by atoms with E-state index in [1.807, 2.05) is 0 Å². The van der Waals surface area contributed by atoms with E-state index in [4.69, 9.17) is 22.1 Å². The van der Waals surface area contributed by atoms with Gasteiger partial charge in [0.05, 0.1) is 10.6 Å². The minimum Gasteiger partial charge on any atom is -0.399 e. The summed E-state index contributed by atoms with van der Waals surface area (Å²) in [6.45, 7) is 1.40. The quantitative estimate of drug-likeness (QED) is 0.591. The molecule has 0 saturated carbocycles. The fourth-order valence-corrected chi connectivity index (χ4v) is 1.84. The molecular formula is C13H19ClN2O2. The van der Waals surface area contributed by atoms with Crippen molar-refractivity contribution < 1.29 is 9.53 Å². The minimum atomic E-state index is -0.160. The van der Waals surface area contributed by atoms with Crippen LogP contribution in [0, 0.1) is 0 Å². The number of amides is 1. The highest BCUT2D eigenvalue weighted by atomic mass is 35.5. The maximum absolute atomic E-state index is 11.8. The largest absolute Gasteiger partial charge is 0.399 e. The number of nitrogen functional groups attached to an aromatic ring is 1. The van der Waals surface area contributed by atoms with E-state index in [0.29, 0.717) is 22.8 Å². The Kier molecular flexibility index (Phi) is 6.54. The molecular weight excluding hydrogens is 252 g/mol. The standard InChI is InChI=1S/C13H19ClN2O2/c1-18-8-4-2-3-7-16-13(17)11-6-5-10(15)9-12(11)14/h5-6,9H,2-4,7-8,15H2,1H3,(H,16,17). The summed E-state index contributed by atoms with van der Waals surface area (Å²) < 4.78 is 4.95. The van der Waals surface area contributed by atoms with Crippen molar-refractivity contribution >= 4 is 23.2 Å². The van der Waals surface area contributed by atoms with Crippen LogP contribution in [-0.2, 0) is 4.74 Å². The fraction of sp³-hybridized carbons (Fsp3) is 0.462. The SMILES string of the molecule is COCCCCCNC(=O)c1ccc(N)cc1Cl. The van der Waals surface area contributed by atoms with E-state index in [2.05, 4.69) is 5.32 Å². The first-order valence-electron chi connectivity index (χ1n) is 5.97. The zero-order chi connectivity index (χ0) is 13.4. The van der Waals surface area contributed by atoms with Gasteiger partial charge in [0.1, 0.15) is 0 Å². The molecule has 0 saturated heterocycles. The molecule has 18 heavy (non-hydrogen) atoms. The third-order valence-corrected chi connectivity index (χ3v) is 2.86. The van der Waals surface area contributed by atoms with Crippen molar-refractivity contribution in [2.75, 3.05) is 26.0 Å². The van der Waals surface area contributed by atoms with E-state index < -0.39 is 0 Å². The molecule has 1 aromatic carbocycles. The van der Waals surface area contributed by atoms with Gasteiger partial charge in [0.15, 0.2) is 0 Å². The lowest BCUT2D eigenvalue weighted by Crippen LogP contribution is -2.24. The Morgan fingerprint density at radius 3 is 2.83 bits per heavy atom. The topological polar surface area (TPSA) is 64.3 Å². The monoisotopic (exact) mass is 270 g/mol. The van der Waals surface area contributed by atoms with Crippen molar-refractivity contribution in [1.82, 2.24) is 5.32 Å². The second-order valence-electron chi connectivity index (χ2n) is 4.05. The maximum Gasteiger partial charge on any atom is 0.252 e. The Hall–Kier alpha value is -1.26. The summed E-state index contributed by atoms with van der Waals surface area (Å²) in [6, 6.07) is 4.88. The number of nitrogens with two attached hydrogens (primary N) is 1. The molecule has 3 N–H and O–H groups in total. The Bertz CT molecular complexity index is 397. The van der Waals surface area contributed by atoms with E-state index in [1.165, 1.54) is 0 Å². The summed E-state index contributed by atoms with van der Waals surface area (Å²) in [5.41, 5.74) is 6.58. The van der Waals surface area contributed by atoms with Crippen molar-refractivity contribution in [2.24, 2.45) is 0 Å². The number of benzene rings is 1. The maximum atomic E-state index is 11.8. The summed E-state index contributed by atoms with van der Waals surface area (Å²) in [7, 11) is 1.69. The third-order valence-electron chi connectivity index (χ3n) is 2.55. The summed E-state index contributed by atoms with van der Waals surface area (Å²) in [4.78, 5) is 11.8. The molecule has 0 heterocycles. The normalized spacial score (nSPS) is 10.3. The van der Waals surface area contributed by atoms with Gasteiger partial charge >= 0.3 is 0 Å². The molecule has 0 spiro atoms. The number of rotatable bonds is 7. The van der Waals surface area contributed by atoms with E-state index in [9.17, 15) is 4.79 Å². The Morgan fingerprint density at radius 2 is 2.17 bits per heavy atom. The number of methoxy groups -OCH3 is 1. The predicted octanol–water partition coefficient (Wildman–Crippen LogP) is 2.47. The van der Waals surface area contributed by atoms with Crippen molar-refractivity contribution in [2.45, 2.75) is 19.3 Å². The highest BCUT2D eigenvalue weighted by Crippen LogP contribution is 2.18. The van der Waals surface area contributed by atoms with Crippen LogP contribution in [0.25, 0.3) is 0 Å². The first-order chi connectivity index (χ1) is 8.65. The number of hydrogen-bond donors (Lipinski definition) is 2. The lowest BCUT2D eigenvalue weighted by Gasteiger charge is -2.07. The van der Waals surface area contributed by atoms with Gasteiger partial charge in [-0.2, -0.15) is 0 Å². The summed E-state index contributed by atoms with van der Waals surface area (Å²) in [6.07, 6.45) is 2.97. The smallest absolute Gasteiger partial charge is 0.252 e. The molecule has 4 nitrogen and oxygen atoms in total. The second-order valence-corrected chi connectivity index (χ2v) is 4.46. The molecule has 0 aromatic heterocycles. The molecule has 0 fully saturated rings. The predicted molar refractivity (Wildman–Crippen MR) is 73.9 cm³/mol. The van der Waals surface area contributed by atoms with Crippen molar-refractivity contribution in [1.29, 1.82) is 0 Å². The van der Waals surface area contributed by atoms with Crippen LogP contribution in [0.5, 0.6) is 0 Å². The zero-order valence-electron chi connectivity index (χ0n) is 10.5. The van der Waals surface area contributed by atoms with Gasteiger partial charge in [0, 0.05) is 25.9 Å². The highest BCUT2D eigenvalue weighted by molar-refractivity contribution is 6.34. The second kappa shape index (κ2) is 7.95. The van der Waals surface area contributed by atoms with Gasteiger partial charge in [-0.3, -0.25) is 4.79 Å². The first kappa shape index (κ1) is 14.8. The lowest BCUT2D eigenvalue weighted by atomic mass is 10.2. The average molecular weight is 271 g/mol. The molecule has 0 radical (unpaired) electrons. The lowest BCUT2D eigenvalue weighted by molar-refractivity contribution is 0.0953. The number of unbranched alkanes of at least 4 members (excludes halogenated alkanes) is 2. The Balaban J connectivity index is 2.32. The van der Waals surface area contributed by atoms with Crippen molar-refractivity contribution in [3.05, 3.63) is 28.8 Å². The molecule has 100 valence electrons. The van der Waals surface area contributed by atoms with Crippen LogP contribution in [0.2, 0.25) is 5.02 Å². The highest BCUT2D eigenvalue weighted by Gasteiger charge is 2.09. The third kappa shape index (κ3) is 4.94. The molecule has 1 amide bonds. The Labute approximate surface area is 112 Å². The van der Waals surface area contributed by atoms with Gasteiger partial charge in [-0.25, -0.2) is 0 Å². The van der Waals surface area contributed by atoms with Crippen LogP contribution in [-0.4, -0.2) is 26.2 Å².